The first-order valence-electron chi connectivity index (χ1n) is 10.6. The first kappa shape index (κ1) is 21.9. The van der Waals surface area contributed by atoms with Gasteiger partial charge in [-0.05, 0) is 42.7 Å². The fourth-order valence-electron chi connectivity index (χ4n) is 4.13. The Morgan fingerprint density at radius 2 is 1.87 bits per heavy atom. The fraction of sp³-hybridized carbons (Fsp3) is 0.333. The molecule has 31 heavy (non-hydrogen) atoms. The summed E-state index contributed by atoms with van der Waals surface area (Å²) in [7, 11) is 1.84. The molecule has 162 valence electrons. The number of fused-ring (bicyclic) bond motifs is 1. The molecule has 2 aromatic carbocycles. The lowest BCUT2D eigenvalue weighted by Crippen LogP contribution is -2.26. The highest BCUT2D eigenvalue weighted by atomic mass is 35.5. The van der Waals surface area contributed by atoms with E-state index in [0.29, 0.717) is 28.3 Å². The van der Waals surface area contributed by atoms with E-state index in [9.17, 15) is 0 Å². The van der Waals surface area contributed by atoms with Gasteiger partial charge in [0.15, 0.2) is 11.6 Å². The summed E-state index contributed by atoms with van der Waals surface area (Å²) < 4.78 is 6.06. The smallest absolute Gasteiger partial charge is 0.170 e. The van der Waals surface area contributed by atoms with Gasteiger partial charge >= 0.3 is 0 Å². The molecule has 0 unspecified atom stereocenters. The quantitative estimate of drug-likeness (QED) is 0.445. The molecule has 5 nitrogen and oxygen atoms in total. The van der Waals surface area contributed by atoms with Gasteiger partial charge in [0.25, 0.3) is 0 Å². The monoisotopic (exact) mass is 456 g/mol. The molecule has 1 heterocycles. The summed E-state index contributed by atoms with van der Waals surface area (Å²) in [5, 5.41) is 7.95. The molecule has 1 aliphatic carbocycles. The summed E-state index contributed by atoms with van der Waals surface area (Å²) in [6, 6.07) is 13.9. The summed E-state index contributed by atoms with van der Waals surface area (Å²) in [4.78, 5) is 9.84. The number of rotatable bonds is 7. The lowest BCUT2D eigenvalue weighted by atomic mass is 10.1. The summed E-state index contributed by atoms with van der Waals surface area (Å²) in [5.41, 5.74) is 4.99. The van der Waals surface area contributed by atoms with Crippen LogP contribution in [0.15, 0.2) is 42.5 Å². The largest absolute Gasteiger partial charge is 0.376 e. The maximum Gasteiger partial charge on any atom is 0.170 e. The summed E-state index contributed by atoms with van der Waals surface area (Å²) in [6.45, 7) is 4.75. The number of anilines is 2. The minimum Gasteiger partial charge on any atom is -0.376 e. The molecule has 1 aromatic heterocycles. The Bertz CT molecular complexity index is 1090. The molecular weight excluding hydrogens is 431 g/mol. The average molecular weight is 457 g/mol. The highest BCUT2D eigenvalue weighted by molar-refractivity contribution is 6.36. The number of hydrogen-bond donors (Lipinski definition) is 2. The van der Waals surface area contributed by atoms with E-state index in [0.717, 1.165) is 29.8 Å². The molecule has 0 aliphatic heterocycles. The lowest BCUT2D eigenvalue weighted by Gasteiger charge is -2.24. The Morgan fingerprint density at radius 3 is 2.58 bits per heavy atom. The Balaban J connectivity index is 1.75. The minimum absolute atomic E-state index is 0.00669. The minimum atomic E-state index is 0.00669. The molecular formula is C24H26Cl2N4O. The lowest BCUT2D eigenvalue weighted by molar-refractivity contribution is 0.0573. The van der Waals surface area contributed by atoms with E-state index >= 15 is 0 Å². The van der Waals surface area contributed by atoms with Crippen LogP contribution in [-0.4, -0.2) is 29.7 Å². The maximum absolute atomic E-state index is 6.47. The topological polar surface area (TPSA) is 59.1 Å². The first-order chi connectivity index (χ1) is 15.0. The Hall–Kier alpha value is -2.34. The van der Waals surface area contributed by atoms with E-state index in [4.69, 9.17) is 37.9 Å². The van der Waals surface area contributed by atoms with Crippen LogP contribution in [0.3, 0.4) is 0 Å². The van der Waals surface area contributed by atoms with Crippen molar-refractivity contribution in [2.45, 2.75) is 38.8 Å². The van der Waals surface area contributed by atoms with Crippen LogP contribution < -0.4 is 10.6 Å². The molecule has 0 fully saturated rings. The molecule has 0 amide bonds. The molecule has 2 atom stereocenters. The second-order valence-electron chi connectivity index (χ2n) is 7.46. The number of nitrogens with one attached hydrogen (secondary N) is 2. The number of benzene rings is 2. The number of hydrogen-bond acceptors (Lipinski definition) is 5. The van der Waals surface area contributed by atoms with Crippen LogP contribution in [0, 0.1) is 0 Å². The molecule has 4 rings (SSSR count). The molecule has 3 aromatic rings. The first-order valence-corrected chi connectivity index (χ1v) is 11.3. The summed E-state index contributed by atoms with van der Waals surface area (Å²) >= 11 is 12.6. The van der Waals surface area contributed by atoms with Crippen molar-refractivity contribution in [1.82, 2.24) is 9.97 Å². The third-order valence-corrected chi connectivity index (χ3v) is 6.13. The SMILES string of the molecule is CCO[C@H]1Cc2ccccc2[C@H]1Nc1nc(CC)c(-c2ccc(Cl)cc2Cl)nc1NC. The fourth-order valence-corrected chi connectivity index (χ4v) is 4.63. The third kappa shape index (κ3) is 4.36. The van der Waals surface area contributed by atoms with Crippen molar-refractivity contribution >= 4 is 34.8 Å². The van der Waals surface area contributed by atoms with E-state index in [2.05, 4.69) is 41.8 Å². The Labute approximate surface area is 193 Å². The molecule has 0 spiro atoms. The number of aryl methyl sites for hydroxylation is 1. The summed E-state index contributed by atoms with van der Waals surface area (Å²) in [6.07, 6.45) is 1.64. The molecule has 0 radical (unpaired) electrons. The van der Waals surface area contributed by atoms with Crippen molar-refractivity contribution in [3.63, 3.8) is 0 Å². The highest BCUT2D eigenvalue weighted by Gasteiger charge is 2.34. The second-order valence-corrected chi connectivity index (χ2v) is 8.31. The van der Waals surface area contributed by atoms with Gasteiger partial charge in [0.1, 0.15) is 0 Å². The zero-order valence-electron chi connectivity index (χ0n) is 17.9. The van der Waals surface area contributed by atoms with Crippen LogP contribution in [0.25, 0.3) is 11.3 Å². The number of ether oxygens (including phenoxy) is 1. The van der Waals surface area contributed by atoms with Crippen LogP contribution >= 0.6 is 23.2 Å². The van der Waals surface area contributed by atoms with E-state index in [-0.39, 0.29) is 12.1 Å². The van der Waals surface area contributed by atoms with Crippen LogP contribution in [0.2, 0.25) is 10.0 Å². The van der Waals surface area contributed by atoms with Crippen LogP contribution in [0.4, 0.5) is 11.6 Å². The average Bonchev–Trinajstić information content (AvgIpc) is 3.11. The van der Waals surface area contributed by atoms with Crippen molar-refractivity contribution in [3.05, 3.63) is 69.3 Å². The van der Waals surface area contributed by atoms with Gasteiger partial charge in [0, 0.05) is 30.7 Å². The molecule has 2 N–H and O–H groups in total. The van der Waals surface area contributed by atoms with Gasteiger partial charge in [-0.25, -0.2) is 9.97 Å². The predicted octanol–water partition coefficient (Wildman–Crippen LogP) is 6.17. The maximum atomic E-state index is 6.47. The van der Waals surface area contributed by atoms with Crippen molar-refractivity contribution < 1.29 is 4.74 Å². The van der Waals surface area contributed by atoms with Crippen LogP contribution in [0.5, 0.6) is 0 Å². The molecule has 0 saturated heterocycles. The van der Waals surface area contributed by atoms with Gasteiger partial charge in [-0.1, -0.05) is 54.4 Å². The Kier molecular flexibility index (Phi) is 6.65. The van der Waals surface area contributed by atoms with Gasteiger partial charge in [-0.15, -0.1) is 0 Å². The highest BCUT2D eigenvalue weighted by Crippen LogP contribution is 2.38. The van der Waals surface area contributed by atoms with E-state index in [1.807, 2.05) is 26.1 Å². The van der Waals surface area contributed by atoms with Crippen molar-refractivity contribution in [2.75, 3.05) is 24.3 Å². The van der Waals surface area contributed by atoms with Gasteiger partial charge in [-0.3, -0.25) is 0 Å². The molecule has 0 bridgehead atoms. The number of aromatic nitrogens is 2. The van der Waals surface area contributed by atoms with Gasteiger partial charge < -0.3 is 15.4 Å². The zero-order valence-corrected chi connectivity index (χ0v) is 19.4. The normalized spacial score (nSPS) is 17.5. The molecule has 0 saturated carbocycles. The Morgan fingerprint density at radius 1 is 1.06 bits per heavy atom. The zero-order chi connectivity index (χ0) is 22.0. The van der Waals surface area contributed by atoms with E-state index < -0.39 is 0 Å². The second kappa shape index (κ2) is 9.43. The molecule has 7 heteroatoms. The van der Waals surface area contributed by atoms with E-state index in [1.54, 1.807) is 6.07 Å². The van der Waals surface area contributed by atoms with Gasteiger partial charge in [-0.2, -0.15) is 0 Å². The van der Waals surface area contributed by atoms with Crippen molar-refractivity contribution in [3.8, 4) is 11.3 Å². The molecule has 1 aliphatic rings. The number of halogens is 2. The van der Waals surface area contributed by atoms with Crippen molar-refractivity contribution in [1.29, 1.82) is 0 Å². The standard InChI is InChI=1S/C24H26Cl2N4O/c1-4-19-21(17-11-10-15(25)13-18(17)26)29-23(27-3)24(28-19)30-22-16-9-7-6-8-14(16)12-20(22)31-5-2/h6-11,13,20,22H,4-5,12H2,1-3H3,(H,27,29)(H,28,30)/t20-,22+/m0/s1. The van der Waals surface area contributed by atoms with Crippen LogP contribution in [0.1, 0.15) is 36.7 Å². The predicted molar refractivity (Wildman–Crippen MR) is 128 cm³/mol. The van der Waals surface area contributed by atoms with Gasteiger partial charge in [0.05, 0.1) is 28.6 Å². The van der Waals surface area contributed by atoms with Crippen molar-refractivity contribution in [2.24, 2.45) is 0 Å². The summed E-state index contributed by atoms with van der Waals surface area (Å²) in [5.74, 6) is 1.37. The number of nitrogens with zero attached hydrogens (tertiary/aromatic N) is 2. The van der Waals surface area contributed by atoms with Gasteiger partial charge in [0.2, 0.25) is 0 Å². The third-order valence-electron chi connectivity index (χ3n) is 5.58. The van der Waals surface area contributed by atoms with Crippen LogP contribution in [-0.2, 0) is 17.6 Å². The van der Waals surface area contributed by atoms with E-state index in [1.165, 1.54) is 11.1 Å².